The molecule has 0 saturated heterocycles. The number of carboxylic acid groups (broad SMARTS) is 1. The molecular weight excluding hydrogens is 292 g/mol. The fourth-order valence-corrected chi connectivity index (χ4v) is 2.03. The fraction of sp³-hybridized carbons (Fsp3) is 0.800. The van der Waals surface area contributed by atoms with Crippen molar-refractivity contribution in [2.24, 2.45) is 0 Å². The highest BCUT2D eigenvalue weighted by Crippen LogP contribution is 2.02. The lowest BCUT2D eigenvalue weighted by Crippen LogP contribution is -2.47. The van der Waals surface area contributed by atoms with Crippen LogP contribution in [-0.4, -0.2) is 61.6 Å². The molecule has 9 heteroatoms. The van der Waals surface area contributed by atoms with E-state index in [0.717, 1.165) is 6.26 Å². The molecule has 0 saturated carbocycles. The predicted octanol–water partition coefficient (Wildman–Crippen LogP) is -0.0750. The Kier molecular flexibility index (Phi) is 7.84. The number of carbonyl (C=O) groups excluding carboxylic acids is 1. The van der Waals surface area contributed by atoms with Crippen molar-refractivity contribution in [2.45, 2.75) is 24.6 Å². The van der Waals surface area contributed by atoms with E-state index in [0.29, 0.717) is 6.54 Å². The first kappa shape index (κ1) is 18.0. The van der Waals surface area contributed by atoms with Gasteiger partial charge in [-0.2, -0.15) is 11.8 Å². The number of carboxylic acids is 1. The van der Waals surface area contributed by atoms with Gasteiger partial charge in [0.15, 0.2) is 0 Å². The summed E-state index contributed by atoms with van der Waals surface area (Å²) in [5.74, 6) is -1.54. The lowest BCUT2D eigenvalue weighted by molar-refractivity contribution is -0.139. The van der Waals surface area contributed by atoms with Gasteiger partial charge in [-0.3, -0.25) is 0 Å². The van der Waals surface area contributed by atoms with Crippen molar-refractivity contribution >= 4 is 33.6 Å². The third kappa shape index (κ3) is 9.60. The minimum absolute atomic E-state index is 0.153. The van der Waals surface area contributed by atoms with E-state index in [9.17, 15) is 18.0 Å². The van der Waals surface area contributed by atoms with Gasteiger partial charge in [0.1, 0.15) is 15.9 Å². The van der Waals surface area contributed by atoms with Crippen molar-refractivity contribution < 1.29 is 23.1 Å². The minimum Gasteiger partial charge on any atom is -0.480 e. The zero-order chi connectivity index (χ0) is 15.1. The Labute approximate surface area is 117 Å². The fourth-order valence-electron chi connectivity index (χ4n) is 1.12. The predicted molar refractivity (Wildman–Crippen MR) is 75.3 cm³/mol. The summed E-state index contributed by atoms with van der Waals surface area (Å²) in [6.07, 6.45) is 2.77. The molecule has 0 aliphatic carbocycles. The van der Waals surface area contributed by atoms with E-state index < -0.39 is 27.9 Å². The molecule has 2 amide bonds. The number of nitrogens with one attached hydrogen (secondary N) is 2. The Bertz CT molecular complexity index is 410. The average Bonchev–Trinajstić information content (AvgIpc) is 2.29. The van der Waals surface area contributed by atoms with Gasteiger partial charge in [-0.1, -0.05) is 6.92 Å². The molecule has 19 heavy (non-hydrogen) atoms. The van der Waals surface area contributed by atoms with Crippen molar-refractivity contribution in [2.75, 3.05) is 24.8 Å². The first-order valence-electron chi connectivity index (χ1n) is 5.63. The number of urea groups is 1. The van der Waals surface area contributed by atoms with Gasteiger partial charge in [-0.25, -0.2) is 18.0 Å². The number of aliphatic carboxylic acids is 1. The topological polar surface area (TPSA) is 113 Å². The minimum atomic E-state index is -3.26. The second-order valence-corrected chi connectivity index (χ2v) is 7.75. The van der Waals surface area contributed by atoms with Crippen molar-refractivity contribution in [3.8, 4) is 0 Å². The van der Waals surface area contributed by atoms with E-state index in [-0.39, 0.29) is 17.4 Å². The zero-order valence-electron chi connectivity index (χ0n) is 11.2. The van der Waals surface area contributed by atoms with Crippen LogP contribution in [-0.2, 0) is 14.6 Å². The zero-order valence-corrected chi connectivity index (χ0v) is 12.8. The van der Waals surface area contributed by atoms with Gasteiger partial charge in [0.2, 0.25) is 0 Å². The van der Waals surface area contributed by atoms with Crippen LogP contribution < -0.4 is 10.6 Å². The van der Waals surface area contributed by atoms with Crippen LogP contribution in [0.1, 0.15) is 13.3 Å². The Balaban J connectivity index is 4.27. The Morgan fingerprint density at radius 2 is 1.95 bits per heavy atom. The third-order valence-electron chi connectivity index (χ3n) is 2.33. The second-order valence-electron chi connectivity index (χ2n) is 4.21. The second kappa shape index (κ2) is 8.26. The molecule has 0 rings (SSSR count). The highest BCUT2D eigenvalue weighted by atomic mass is 32.2. The maximum Gasteiger partial charge on any atom is 0.326 e. The van der Waals surface area contributed by atoms with Gasteiger partial charge in [-0.05, 0) is 12.7 Å². The number of sulfone groups is 1. The molecule has 0 radical (unpaired) electrons. The smallest absolute Gasteiger partial charge is 0.326 e. The van der Waals surface area contributed by atoms with Crippen molar-refractivity contribution in [1.82, 2.24) is 10.6 Å². The van der Waals surface area contributed by atoms with Crippen LogP contribution in [0, 0.1) is 0 Å². The summed E-state index contributed by atoms with van der Waals surface area (Å²) in [6, 6.07) is -1.82. The molecule has 0 aromatic rings. The maximum absolute atomic E-state index is 11.5. The summed E-state index contributed by atoms with van der Waals surface area (Å²) in [7, 11) is -3.26. The van der Waals surface area contributed by atoms with Crippen molar-refractivity contribution in [3.63, 3.8) is 0 Å². The summed E-state index contributed by atoms with van der Waals surface area (Å²) >= 11 is 1.57. The molecule has 7 nitrogen and oxygen atoms in total. The van der Waals surface area contributed by atoms with Crippen LogP contribution >= 0.6 is 11.8 Å². The average molecular weight is 312 g/mol. The number of carbonyl (C=O) groups is 2. The van der Waals surface area contributed by atoms with Gasteiger partial charge in [0.05, 0.1) is 5.75 Å². The molecule has 0 aromatic carbocycles. The highest BCUT2D eigenvalue weighted by Gasteiger charge is 2.21. The monoisotopic (exact) mass is 312 g/mol. The van der Waals surface area contributed by atoms with Crippen molar-refractivity contribution in [3.05, 3.63) is 0 Å². The normalized spacial score (nSPS) is 14.5. The van der Waals surface area contributed by atoms with Crippen LogP contribution in [0.3, 0.4) is 0 Å². The largest absolute Gasteiger partial charge is 0.480 e. The maximum atomic E-state index is 11.5. The molecule has 0 aromatic heterocycles. The van der Waals surface area contributed by atoms with Crippen LogP contribution in [0.2, 0.25) is 0 Å². The molecule has 112 valence electrons. The standard InChI is InChI=1S/C10H20N2O5S2/c1-7(18-2)6-11-10(15)12-8(9(13)14)4-5-19(3,16)17/h7-8H,4-6H2,1-3H3,(H,13,14)(H2,11,12,15). The molecule has 3 N–H and O–H groups in total. The molecular formula is C10H20N2O5S2. The summed E-state index contributed by atoms with van der Waals surface area (Å²) in [5.41, 5.74) is 0. The molecule has 0 aliphatic rings. The number of hydrogen-bond donors (Lipinski definition) is 3. The van der Waals surface area contributed by atoms with Crippen LogP contribution in [0.15, 0.2) is 0 Å². The van der Waals surface area contributed by atoms with Crippen molar-refractivity contribution in [1.29, 1.82) is 0 Å². The molecule has 0 aliphatic heterocycles. The van der Waals surface area contributed by atoms with E-state index in [2.05, 4.69) is 10.6 Å². The van der Waals surface area contributed by atoms with E-state index in [1.54, 1.807) is 11.8 Å². The summed E-state index contributed by atoms with van der Waals surface area (Å²) < 4.78 is 21.9. The molecule has 0 heterocycles. The Hall–Kier alpha value is -0.960. The molecule has 0 fully saturated rings. The SMILES string of the molecule is CSC(C)CNC(=O)NC(CCS(C)(=O)=O)C(=O)O. The first-order chi connectivity index (χ1) is 8.65. The number of rotatable bonds is 8. The molecule has 2 atom stereocenters. The lowest BCUT2D eigenvalue weighted by atomic mass is 10.2. The summed E-state index contributed by atoms with van der Waals surface area (Å²) in [6.45, 7) is 2.33. The Morgan fingerprint density at radius 3 is 2.37 bits per heavy atom. The number of amides is 2. The van der Waals surface area contributed by atoms with E-state index >= 15 is 0 Å². The quantitative estimate of drug-likeness (QED) is 0.578. The number of hydrogen-bond acceptors (Lipinski definition) is 5. The molecule has 0 bridgehead atoms. The van der Waals surface area contributed by atoms with Crippen LogP contribution in [0.25, 0.3) is 0 Å². The molecule has 2 unspecified atom stereocenters. The lowest BCUT2D eigenvalue weighted by Gasteiger charge is -2.16. The van der Waals surface area contributed by atoms with Gasteiger partial charge in [-0.15, -0.1) is 0 Å². The summed E-state index contributed by atoms with van der Waals surface area (Å²) in [4.78, 5) is 22.4. The van der Waals surface area contributed by atoms with Gasteiger partial charge < -0.3 is 15.7 Å². The Morgan fingerprint density at radius 1 is 1.37 bits per heavy atom. The highest BCUT2D eigenvalue weighted by molar-refractivity contribution is 7.99. The third-order valence-corrected chi connectivity index (χ3v) is 4.28. The van der Waals surface area contributed by atoms with Gasteiger partial charge in [0.25, 0.3) is 0 Å². The van der Waals surface area contributed by atoms with E-state index in [4.69, 9.17) is 5.11 Å². The van der Waals surface area contributed by atoms with Gasteiger partial charge >= 0.3 is 12.0 Å². The summed E-state index contributed by atoms with van der Waals surface area (Å²) in [5, 5.41) is 13.9. The molecule has 0 spiro atoms. The van der Waals surface area contributed by atoms with Gasteiger partial charge in [0, 0.05) is 18.1 Å². The first-order valence-corrected chi connectivity index (χ1v) is 8.98. The van der Waals surface area contributed by atoms with E-state index in [1.165, 1.54) is 0 Å². The number of thioether (sulfide) groups is 1. The van der Waals surface area contributed by atoms with Crippen LogP contribution in [0.5, 0.6) is 0 Å². The van der Waals surface area contributed by atoms with E-state index in [1.807, 2.05) is 13.2 Å². The van der Waals surface area contributed by atoms with Crippen LogP contribution in [0.4, 0.5) is 4.79 Å².